The molecule has 0 saturated heterocycles. The van der Waals surface area contributed by atoms with Gasteiger partial charge in [0.15, 0.2) is 0 Å². The average Bonchev–Trinajstić information content (AvgIpc) is 3.40. The van der Waals surface area contributed by atoms with Gasteiger partial charge in [0.1, 0.15) is 0 Å². The molecule has 0 bridgehead atoms. The molecule has 1 aromatic heterocycles. The maximum Gasteiger partial charge on any atom is 0.251 e. The number of amides is 1. The molecule has 0 unspecified atom stereocenters. The summed E-state index contributed by atoms with van der Waals surface area (Å²) >= 11 is 0. The molecule has 5 nitrogen and oxygen atoms in total. The van der Waals surface area contributed by atoms with Crippen molar-refractivity contribution in [3.8, 4) is 0 Å². The van der Waals surface area contributed by atoms with Crippen molar-refractivity contribution < 1.29 is 4.79 Å². The van der Waals surface area contributed by atoms with Gasteiger partial charge in [0.25, 0.3) is 5.91 Å². The van der Waals surface area contributed by atoms with Crippen LogP contribution in [0.4, 0.5) is 5.69 Å². The van der Waals surface area contributed by atoms with Crippen molar-refractivity contribution in [2.45, 2.75) is 38.6 Å². The average molecular weight is 377 g/mol. The van der Waals surface area contributed by atoms with E-state index in [1.54, 1.807) is 0 Å². The summed E-state index contributed by atoms with van der Waals surface area (Å²) in [6.45, 7) is 4.43. The molecule has 0 atom stereocenters. The Kier molecular flexibility index (Phi) is 5.60. The van der Waals surface area contributed by atoms with Gasteiger partial charge >= 0.3 is 0 Å². The van der Waals surface area contributed by atoms with E-state index in [1.807, 2.05) is 42.7 Å². The highest BCUT2D eigenvalue weighted by molar-refractivity contribution is 5.97. The molecule has 0 aliphatic heterocycles. The minimum atomic E-state index is -0.0403. The summed E-state index contributed by atoms with van der Waals surface area (Å²) in [6.07, 6.45) is 6.97. The number of carbonyl (C=O) groups is 1. The van der Waals surface area contributed by atoms with Gasteiger partial charge in [-0.05, 0) is 50.1 Å². The first kappa shape index (κ1) is 18.5. The van der Waals surface area contributed by atoms with Crippen molar-refractivity contribution in [2.24, 2.45) is 0 Å². The number of hydrogen-bond acceptors (Lipinski definition) is 3. The number of carbonyl (C=O) groups excluding carboxylic acids is 1. The van der Waals surface area contributed by atoms with E-state index < -0.39 is 0 Å². The lowest BCUT2D eigenvalue weighted by molar-refractivity contribution is 0.0954. The Balaban J connectivity index is 1.38. The lowest BCUT2D eigenvalue weighted by atomic mass is 10.1. The van der Waals surface area contributed by atoms with Gasteiger partial charge in [0.2, 0.25) is 0 Å². The Labute approximate surface area is 166 Å². The first-order chi connectivity index (χ1) is 13.8. The van der Waals surface area contributed by atoms with Gasteiger partial charge < -0.3 is 14.8 Å². The molecule has 1 fully saturated rings. The molecule has 1 heterocycles. The Hall–Kier alpha value is -2.82. The van der Waals surface area contributed by atoms with Gasteiger partial charge in [-0.1, -0.05) is 31.0 Å². The number of nitrogens with zero attached hydrogens (tertiary/aromatic N) is 3. The van der Waals surface area contributed by atoms with E-state index in [4.69, 9.17) is 0 Å². The van der Waals surface area contributed by atoms with E-state index in [9.17, 15) is 4.79 Å². The molecule has 146 valence electrons. The summed E-state index contributed by atoms with van der Waals surface area (Å²) in [4.78, 5) is 19.4. The summed E-state index contributed by atoms with van der Waals surface area (Å²) in [5, 5.41) is 3.04. The van der Waals surface area contributed by atoms with Crippen molar-refractivity contribution in [2.75, 3.05) is 24.5 Å². The second-order valence-corrected chi connectivity index (χ2v) is 7.46. The van der Waals surface area contributed by atoms with E-state index in [1.165, 1.54) is 31.4 Å². The standard InChI is InChI=1S/C23H28N4O/c1-2-26(19-8-4-3-5-9-19)15-14-24-23(28)18-12-13-22-21(16-18)25-17-27(22)20-10-6-7-11-20/h3-5,8-9,12-13,16-17,20H,2,6-7,10-11,14-15H2,1H3,(H,24,28). The zero-order valence-corrected chi connectivity index (χ0v) is 16.5. The van der Waals surface area contributed by atoms with Crippen LogP contribution in [-0.4, -0.2) is 35.1 Å². The predicted octanol–water partition coefficient (Wildman–Crippen LogP) is 4.41. The van der Waals surface area contributed by atoms with Crippen LogP contribution in [0.1, 0.15) is 49.0 Å². The van der Waals surface area contributed by atoms with Crippen molar-refractivity contribution in [3.63, 3.8) is 0 Å². The predicted molar refractivity (Wildman–Crippen MR) is 114 cm³/mol. The number of fused-ring (bicyclic) bond motifs is 1. The fourth-order valence-electron chi connectivity index (χ4n) is 4.16. The van der Waals surface area contributed by atoms with Crippen LogP contribution >= 0.6 is 0 Å². The van der Waals surface area contributed by atoms with E-state index in [0.717, 1.165) is 24.1 Å². The topological polar surface area (TPSA) is 50.2 Å². The van der Waals surface area contributed by atoms with E-state index >= 15 is 0 Å². The number of nitrogens with one attached hydrogen (secondary N) is 1. The second kappa shape index (κ2) is 8.46. The molecule has 1 aliphatic carbocycles. The van der Waals surface area contributed by atoms with Crippen LogP contribution < -0.4 is 10.2 Å². The van der Waals surface area contributed by atoms with Crippen molar-refractivity contribution >= 4 is 22.6 Å². The monoisotopic (exact) mass is 376 g/mol. The molecule has 5 heteroatoms. The Morgan fingerprint density at radius 1 is 1.18 bits per heavy atom. The van der Waals surface area contributed by atoms with Gasteiger partial charge in [-0.2, -0.15) is 0 Å². The third-order valence-corrected chi connectivity index (χ3v) is 5.73. The van der Waals surface area contributed by atoms with Gasteiger partial charge in [-0.15, -0.1) is 0 Å². The number of likely N-dealkylation sites (N-methyl/N-ethyl adjacent to an activating group) is 1. The molecule has 2 aromatic carbocycles. The SMILES string of the molecule is CCN(CCNC(=O)c1ccc2c(c1)ncn2C1CCCC1)c1ccccc1. The quantitative estimate of drug-likeness (QED) is 0.665. The molecular weight excluding hydrogens is 348 g/mol. The lowest BCUT2D eigenvalue weighted by Crippen LogP contribution is -2.34. The van der Waals surface area contributed by atoms with Gasteiger partial charge in [-0.3, -0.25) is 4.79 Å². The highest BCUT2D eigenvalue weighted by Gasteiger charge is 2.19. The first-order valence-electron chi connectivity index (χ1n) is 10.3. The molecule has 1 amide bonds. The maximum atomic E-state index is 12.6. The summed E-state index contributed by atoms with van der Waals surface area (Å²) in [5.74, 6) is -0.0403. The summed E-state index contributed by atoms with van der Waals surface area (Å²) < 4.78 is 2.28. The Bertz CT molecular complexity index is 928. The minimum Gasteiger partial charge on any atom is -0.370 e. The van der Waals surface area contributed by atoms with Crippen LogP contribution in [0.5, 0.6) is 0 Å². The lowest BCUT2D eigenvalue weighted by Gasteiger charge is -2.23. The van der Waals surface area contributed by atoms with Crippen LogP contribution in [0.15, 0.2) is 54.9 Å². The van der Waals surface area contributed by atoms with Crippen LogP contribution in [0.2, 0.25) is 0 Å². The molecule has 0 radical (unpaired) electrons. The summed E-state index contributed by atoms with van der Waals surface area (Å²) in [7, 11) is 0. The van der Waals surface area contributed by atoms with Crippen molar-refractivity contribution in [1.82, 2.24) is 14.9 Å². The number of aromatic nitrogens is 2. The van der Waals surface area contributed by atoms with E-state index in [2.05, 4.69) is 38.8 Å². The third kappa shape index (κ3) is 3.88. The largest absolute Gasteiger partial charge is 0.370 e. The molecule has 28 heavy (non-hydrogen) atoms. The number of benzene rings is 2. The summed E-state index contributed by atoms with van der Waals surface area (Å²) in [5.41, 5.74) is 3.88. The number of para-hydroxylation sites is 1. The fourth-order valence-corrected chi connectivity index (χ4v) is 4.16. The number of rotatable bonds is 7. The minimum absolute atomic E-state index is 0.0403. The molecular formula is C23H28N4O. The van der Waals surface area contributed by atoms with Gasteiger partial charge in [-0.25, -0.2) is 4.98 Å². The molecule has 4 rings (SSSR count). The van der Waals surface area contributed by atoms with Crippen molar-refractivity contribution in [1.29, 1.82) is 0 Å². The van der Waals surface area contributed by atoms with Gasteiger partial charge in [0.05, 0.1) is 17.4 Å². The Morgan fingerprint density at radius 2 is 1.96 bits per heavy atom. The number of anilines is 1. The third-order valence-electron chi connectivity index (χ3n) is 5.73. The Morgan fingerprint density at radius 3 is 2.71 bits per heavy atom. The second-order valence-electron chi connectivity index (χ2n) is 7.46. The van der Waals surface area contributed by atoms with Crippen LogP contribution in [0, 0.1) is 0 Å². The normalized spacial score (nSPS) is 14.5. The van der Waals surface area contributed by atoms with Crippen LogP contribution in [0.3, 0.4) is 0 Å². The zero-order valence-electron chi connectivity index (χ0n) is 16.5. The molecule has 1 N–H and O–H groups in total. The van der Waals surface area contributed by atoms with Crippen LogP contribution in [-0.2, 0) is 0 Å². The highest BCUT2D eigenvalue weighted by Crippen LogP contribution is 2.32. The fraction of sp³-hybridized carbons (Fsp3) is 0.391. The van der Waals surface area contributed by atoms with E-state index in [-0.39, 0.29) is 5.91 Å². The zero-order chi connectivity index (χ0) is 19.3. The number of hydrogen-bond donors (Lipinski definition) is 1. The highest BCUT2D eigenvalue weighted by atomic mass is 16.1. The maximum absolute atomic E-state index is 12.6. The van der Waals surface area contributed by atoms with Crippen molar-refractivity contribution in [3.05, 3.63) is 60.4 Å². The number of imidazole rings is 1. The molecule has 3 aromatic rings. The molecule has 1 aliphatic rings. The molecule has 0 spiro atoms. The van der Waals surface area contributed by atoms with Crippen LogP contribution in [0.25, 0.3) is 11.0 Å². The van der Waals surface area contributed by atoms with E-state index in [0.29, 0.717) is 18.2 Å². The smallest absolute Gasteiger partial charge is 0.251 e. The van der Waals surface area contributed by atoms with Gasteiger partial charge in [0, 0.05) is 36.9 Å². The first-order valence-corrected chi connectivity index (χ1v) is 10.3. The molecule has 1 saturated carbocycles. The summed E-state index contributed by atoms with van der Waals surface area (Å²) in [6, 6.07) is 16.7.